The van der Waals surface area contributed by atoms with Crippen molar-refractivity contribution >= 4 is 5.91 Å². The van der Waals surface area contributed by atoms with Crippen molar-refractivity contribution in [3.8, 4) is 0 Å². The van der Waals surface area contributed by atoms with Gasteiger partial charge in [0.15, 0.2) is 0 Å². The Labute approximate surface area is 116 Å². The molecule has 0 aromatic heterocycles. The monoisotopic (exact) mass is 263 g/mol. The lowest BCUT2D eigenvalue weighted by Crippen LogP contribution is -2.34. The first kappa shape index (κ1) is 15.5. The van der Waals surface area contributed by atoms with Gasteiger partial charge in [-0.2, -0.15) is 0 Å². The van der Waals surface area contributed by atoms with Crippen LogP contribution in [0, 0.1) is 5.92 Å². The topological polar surface area (TPSA) is 29.5 Å². The van der Waals surface area contributed by atoms with E-state index in [1.165, 1.54) is 5.57 Å². The van der Waals surface area contributed by atoms with E-state index in [1.54, 1.807) is 13.2 Å². The highest BCUT2D eigenvalue weighted by atomic mass is 16.5. The van der Waals surface area contributed by atoms with Crippen molar-refractivity contribution in [1.29, 1.82) is 0 Å². The van der Waals surface area contributed by atoms with Gasteiger partial charge in [-0.3, -0.25) is 4.79 Å². The summed E-state index contributed by atoms with van der Waals surface area (Å²) in [7, 11) is 1.64. The third-order valence-electron chi connectivity index (χ3n) is 3.35. The minimum absolute atomic E-state index is 0.0892. The maximum absolute atomic E-state index is 12.0. The van der Waals surface area contributed by atoms with Crippen LogP contribution in [0.15, 0.2) is 36.1 Å². The molecule has 1 heterocycles. The number of hydrogen-bond acceptors (Lipinski definition) is 2. The fourth-order valence-corrected chi connectivity index (χ4v) is 2.18. The van der Waals surface area contributed by atoms with Gasteiger partial charge in [-0.05, 0) is 31.4 Å². The van der Waals surface area contributed by atoms with Gasteiger partial charge < -0.3 is 9.64 Å². The van der Waals surface area contributed by atoms with Gasteiger partial charge in [0.1, 0.15) is 5.76 Å². The number of nitrogens with zero attached hydrogens (tertiary/aromatic N) is 1. The van der Waals surface area contributed by atoms with Crippen LogP contribution in [0.25, 0.3) is 0 Å². The fraction of sp³-hybridized carbons (Fsp3) is 0.562. The lowest BCUT2D eigenvalue weighted by atomic mass is 10.1. The van der Waals surface area contributed by atoms with Crippen LogP contribution < -0.4 is 0 Å². The lowest BCUT2D eigenvalue weighted by molar-refractivity contribution is -0.134. The summed E-state index contributed by atoms with van der Waals surface area (Å²) in [5, 5.41) is 0. The van der Waals surface area contributed by atoms with Crippen LogP contribution in [-0.2, 0) is 9.53 Å². The van der Waals surface area contributed by atoms with Gasteiger partial charge in [0, 0.05) is 19.0 Å². The average molecular weight is 263 g/mol. The molecule has 0 aliphatic carbocycles. The summed E-state index contributed by atoms with van der Waals surface area (Å²) in [4.78, 5) is 14.0. The number of rotatable bonds is 4. The molecule has 0 spiro atoms. The number of ether oxygens (including phenoxy) is 1. The molecule has 1 saturated heterocycles. The molecule has 3 heteroatoms. The van der Waals surface area contributed by atoms with Gasteiger partial charge in [-0.25, -0.2) is 0 Å². The standard InChI is InChI=1S/C16H25NO2/c1-5-15(19-4)9-8-14-7-6-11-17(12-10-14)16(18)13(2)3/h5,8-9,13H,1,6-7,10-12H2,2-4H3/b14-8+,15-9+. The molecule has 0 saturated carbocycles. The normalized spacial score (nSPS) is 19.5. The number of hydrogen-bond donors (Lipinski definition) is 0. The molecule has 3 nitrogen and oxygen atoms in total. The van der Waals surface area contributed by atoms with Crippen molar-refractivity contribution < 1.29 is 9.53 Å². The van der Waals surface area contributed by atoms with Gasteiger partial charge in [-0.15, -0.1) is 0 Å². The summed E-state index contributed by atoms with van der Waals surface area (Å²) in [5.41, 5.74) is 1.37. The molecule has 1 amide bonds. The van der Waals surface area contributed by atoms with Gasteiger partial charge in [0.05, 0.1) is 7.11 Å². The van der Waals surface area contributed by atoms with E-state index in [-0.39, 0.29) is 11.8 Å². The minimum Gasteiger partial charge on any atom is -0.497 e. The van der Waals surface area contributed by atoms with Gasteiger partial charge in [-0.1, -0.05) is 32.1 Å². The zero-order valence-corrected chi connectivity index (χ0v) is 12.3. The summed E-state index contributed by atoms with van der Waals surface area (Å²) in [6, 6.07) is 0. The second kappa shape index (κ2) is 7.82. The summed E-state index contributed by atoms with van der Waals surface area (Å²) >= 11 is 0. The van der Waals surface area contributed by atoms with E-state index in [1.807, 2.05) is 24.8 Å². The quantitative estimate of drug-likeness (QED) is 0.575. The number of carbonyl (C=O) groups excluding carboxylic acids is 1. The first-order valence-electron chi connectivity index (χ1n) is 6.93. The van der Waals surface area contributed by atoms with Crippen molar-refractivity contribution in [2.45, 2.75) is 33.1 Å². The molecule has 1 rings (SSSR count). The molecule has 1 fully saturated rings. The van der Waals surface area contributed by atoms with E-state index in [0.29, 0.717) is 0 Å². The molecule has 0 radical (unpaired) electrons. The molecule has 0 unspecified atom stereocenters. The molecule has 0 aromatic rings. The Hall–Kier alpha value is -1.51. The van der Waals surface area contributed by atoms with E-state index in [9.17, 15) is 4.79 Å². The molecule has 0 aromatic carbocycles. The second-order valence-corrected chi connectivity index (χ2v) is 5.14. The molecular weight excluding hydrogens is 238 g/mol. The predicted molar refractivity (Wildman–Crippen MR) is 78.6 cm³/mol. The number of amides is 1. The maximum atomic E-state index is 12.0. The summed E-state index contributed by atoms with van der Waals surface area (Å²) < 4.78 is 5.15. The van der Waals surface area contributed by atoms with Crippen LogP contribution in [0.2, 0.25) is 0 Å². The number of allylic oxidation sites excluding steroid dienone is 3. The average Bonchev–Trinajstić information content (AvgIpc) is 2.64. The summed E-state index contributed by atoms with van der Waals surface area (Å²) in [5.74, 6) is 1.12. The van der Waals surface area contributed by atoms with E-state index < -0.39 is 0 Å². The zero-order chi connectivity index (χ0) is 14.3. The first-order chi connectivity index (χ1) is 9.08. The van der Waals surface area contributed by atoms with E-state index in [0.717, 1.165) is 38.1 Å². The lowest BCUT2D eigenvalue weighted by Gasteiger charge is -2.22. The number of carbonyl (C=O) groups is 1. The minimum atomic E-state index is 0.0892. The first-order valence-corrected chi connectivity index (χ1v) is 6.93. The fourth-order valence-electron chi connectivity index (χ4n) is 2.18. The summed E-state index contributed by atoms with van der Waals surface area (Å²) in [6.07, 6.45) is 8.78. The number of likely N-dealkylation sites (tertiary alicyclic amines) is 1. The van der Waals surface area contributed by atoms with Crippen LogP contribution in [0.1, 0.15) is 33.1 Å². The second-order valence-electron chi connectivity index (χ2n) is 5.14. The smallest absolute Gasteiger partial charge is 0.225 e. The maximum Gasteiger partial charge on any atom is 0.225 e. The molecular formula is C16H25NO2. The Kier molecular flexibility index (Phi) is 6.40. The Morgan fingerprint density at radius 1 is 1.37 bits per heavy atom. The van der Waals surface area contributed by atoms with Crippen LogP contribution in [-0.4, -0.2) is 31.0 Å². The van der Waals surface area contributed by atoms with Gasteiger partial charge in [0.2, 0.25) is 5.91 Å². The molecule has 0 N–H and O–H groups in total. The highest BCUT2D eigenvalue weighted by Gasteiger charge is 2.19. The Bertz CT molecular complexity index is 380. The third-order valence-corrected chi connectivity index (χ3v) is 3.35. The Morgan fingerprint density at radius 3 is 2.68 bits per heavy atom. The largest absolute Gasteiger partial charge is 0.497 e. The molecule has 1 aliphatic heterocycles. The number of methoxy groups -OCH3 is 1. The molecule has 19 heavy (non-hydrogen) atoms. The van der Waals surface area contributed by atoms with Crippen LogP contribution in [0.3, 0.4) is 0 Å². The molecule has 1 aliphatic rings. The van der Waals surface area contributed by atoms with E-state index >= 15 is 0 Å². The molecule has 106 valence electrons. The Balaban J connectivity index is 2.64. The van der Waals surface area contributed by atoms with Crippen molar-refractivity contribution in [2.24, 2.45) is 5.92 Å². The zero-order valence-electron chi connectivity index (χ0n) is 12.3. The van der Waals surface area contributed by atoms with Crippen molar-refractivity contribution in [3.63, 3.8) is 0 Å². The highest BCUT2D eigenvalue weighted by molar-refractivity contribution is 5.78. The molecule has 0 bridgehead atoms. The van der Waals surface area contributed by atoms with Crippen molar-refractivity contribution in [2.75, 3.05) is 20.2 Å². The SMILES string of the molecule is C=C/C(=C\C=C1/CCCN(C(=O)C(C)C)CC1)OC. The van der Waals surface area contributed by atoms with E-state index in [4.69, 9.17) is 4.74 Å². The van der Waals surface area contributed by atoms with Crippen LogP contribution in [0.5, 0.6) is 0 Å². The van der Waals surface area contributed by atoms with Crippen molar-refractivity contribution in [1.82, 2.24) is 4.90 Å². The van der Waals surface area contributed by atoms with E-state index in [2.05, 4.69) is 12.7 Å². The van der Waals surface area contributed by atoms with Gasteiger partial charge >= 0.3 is 0 Å². The van der Waals surface area contributed by atoms with Crippen LogP contribution in [0.4, 0.5) is 0 Å². The van der Waals surface area contributed by atoms with Gasteiger partial charge in [0.25, 0.3) is 0 Å². The van der Waals surface area contributed by atoms with Crippen LogP contribution >= 0.6 is 0 Å². The summed E-state index contributed by atoms with van der Waals surface area (Å²) in [6.45, 7) is 9.31. The predicted octanol–water partition coefficient (Wildman–Crippen LogP) is 3.30. The van der Waals surface area contributed by atoms with Crippen molar-refractivity contribution in [3.05, 3.63) is 36.1 Å². The molecule has 0 atom stereocenters. The highest BCUT2D eigenvalue weighted by Crippen LogP contribution is 2.18. The Morgan fingerprint density at radius 2 is 2.11 bits per heavy atom. The third kappa shape index (κ3) is 4.93.